The van der Waals surface area contributed by atoms with Crippen LogP contribution in [0.3, 0.4) is 0 Å². The number of para-hydroxylation sites is 1. The third-order valence-corrected chi connectivity index (χ3v) is 5.57. The largest absolute Gasteiger partial charge is 0.496 e. The third-order valence-electron chi connectivity index (χ3n) is 4.46. The molecule has 0 fully saturated rings. The number of ether oxygens (including phenoxy) is 1. The first-order valence-electron chi connectivity index (χ1n) is 8.75. The highest BCUT2D eigenvalue weighted by Gasteiger charge is 2.18. The molecular weight excluding hydrogens is 390 g/mol. The van der Waals surface area contributed by atoms with E-state index in [1.54, 1.807) is 0 Å². The predicted molar refractivity (Wildman–Crippen MR) is 112 cm³/mol. The van der Waals surface area contributed by atoms with Crippen molar-refractivity contribution in [1.29, 1.82) is 0 Å². The maximum atomic E-state index is 12.8. The van der Waals surface area contributed by atoms with Gasteiger partial charge in [0.2, 0.25) is 0 Å². The van der Waals surface area contributed by atoms with Crippen molar-refractivity contribution in [2.45, 2.75) is 6.92 Å². The minimum Gasteiger partial charge on any atom is -0.496 e. The van der Waals surface area contributed by atoms with Crippen LogP contribution in [-0.4, -0.2) is 33.9 Å². The van der Waals surface area contributed by atoms with Crippen LogP contribution in [0.4, 0.5) is 5.69 Å². The Morgan fingerprint density at radius 1 is 1.14 bits per heavy atom. The Labute approximate surface area is 170 Å². The Morgan fingerprint density at radius 2 is 1.90 bits per heavy atom. The molecule has 0 atom stereocenters. The number of methoxy groups -OCH3 is 1. The number of nitrogens with zero attached hydrogens (tertiary/aromatic N) is 2. The molecule has 2 heterocycles. The van der Waals surface area contributed by atoms with E-state index >= 15 is 0 Å². The van der Waals surface area contributed by atoms with Crippen LogP contribution in [0.2, 0.25) is 0 Å². The summed E-state index contributed by atoms with van der Waals surface area (Å²) in [5, 5.41) is 17.5. The lowest BCUT2D eigenvalue weighted by Crippen LogP contribution is -2.11. The van der Waals surface area contributed by atoms with Crippen LogP contribution < -0.4 is 10.1 Å². The molecule has 0 aliphatic carbocycles. The molecule has 8 heteroatoms. The number of hydrogen-bond acceptors (Lipinski definition) is 5. The van der Waals surface area contributed by atoms with Crippen LogP contribution in [0.15, 0.2) is 54.6 Å². The van der Waals surface area contributed by atoms with Gasteiger partial charge in [-0.15, -0.1) is 11.3 Å². The fourth-order valence-electron chi connectivity index (χ4n) is 3.04. The molecule has 0 spiro atoms. The molecule has 0 bridgehead atoms. The zero-order valence-corrected chi connectivity index (χ0v) is 16.5. The average molecular weight is 407 g/mol. The summed E-state index contributed by atoms with van der Waals surface area (Å²) in [6, 6.07) is 16.0. The molecule has 4 aromatic rings. The normalized spacial score (nSPS) is 10.8. The van der Waals surface area contributed by atoms with Gasteiger partial charge in [-0.3, -0.25) is 4.79 Å². The van der Waals surface area contributed by atoms with Crippen molar-refractivity contribution in [2.24, 2.45) is 0 Å². The van der Waals surface area contributed by atoms with E-state index in [0.717, 1.165) is 21.6 Å². The fourth-order valence-corrected chi connectivity index (χ4v) is 4.12. The standard InChI is InChI=1S/C21H17N3O4S/c1-12-16-11-18(29-20(16)24(23-12)14-6-4-3-5-7-14)19(25)22-13-8-9-15(21(26)27)17(10-13)28-2/h3-11H,1-2H3,(H,22,25)(H,26,27). The van der Waals surface area contributed by atoms with Crippen molar-refractivity contribution in [3.05, 3.63) is 70.7 Å². The van der Waals surface area contributed by atoms with Gasteiger partial charge in [0.1, 0.15) is 16.1 Å². The van der Waals surface area contributed by atoms with Crippen LogP contribution in [0.25, 0.3) is 15.9 Å². The Kier molecular flexibility index (Phi) is 4.77. The first kappa shape index (κ1) is 18.7. The molecule has 29 heavy (non-hydrogen) atoms. The van der Waals surface area contributed by atoms with Gasteiger partial charge in [0.05, 0.1) is 23.4 Å². The highest BCUT2D eigenvalue weighted by molar-refractivity contribution is 7.20. The molecule has 146 valence electrons. The molecule has 4 rings (SSSR count). The first-order chi connectivity index (χ1) is 14.0. The lowest BCUT2D eigenvalue weighted by Gasteiger charge is -2.08. The smallest absolute Gasteiger partial charge is 0.339 e. The minimum absolute atomic E-state index is 0.0333. The van der Waals surface area contributed by atoms with E-state index in [1.807, 2.05) is 48.0 Å². The molecule has 0 radical (unpaired) electrons. The van der Waals surface area contributed by atoms with Crippen molar-refractivity contribution in [2.75, 3.05) is 12.4 Å². The number of carboxylic acid groups (broad SMARTS) is 1. The maximum absolute atomic E-state index is 12.8. The van der Waals surface area contributed by atoms with E-state index in [4.69, 9.17) is 4.74 Å². The summed E-state index contributed by atoms with van der Waals surface area (Å²) in [4.78, 5) is 25.4. The number of carboxylic acids is 1. The summed E-state index contributed by atoms with van der Waals surface area (Å²) in [6.07, 6.45) is 0. The summed E-state index contributed by atoms with van der Waals surface area (Å²) in [7, 11) is 1.39. The van der Waals surface area contributed by atoms with Gasteiger partial charge < -0.3 is 15.2 Å². The van der Waals surface area contributed by atoms with E-state index in [1.165, 1.54) is 36.6 Å². The van der Waals surface area contributed by atoms with E-state index in [0.29, 0.717) is 10.6 Å². The lowest BCUT2D eigenvalue weighted by molar-refractivity contribution is 0.0693. The van der Waals surface area contributed by atoms with Gasteiger partial charge >= 0.3 is 5.97 Å². The summed E-state index contributed by atoms with van der Waals surface area (Å²) < 4.78 is 6.94. The number of aryl methyl sites for hydroxylation is 1. The number of carbonyl (C=O) groups is 2. The topological polar surface area (TPSA) is 93.5 Å². The number of hydrogen-bond donors (Lipinski definition) is 2. The zero-order chi connectivity index (χ0) is 20.5. The van der Waals surface area contributed by atoms with Gasteiger partial charge in [0, 0.05) is 17.1 Å². The summed E-state index contributed by atoms with van der Waals surface area (Å²) >= 11 is 1.35. The molecule has 2 aromatic heterocycles. The van der Waals surface area contributed by atoms with Crippen LogP contribution in [0.1, 0.15) is 25.7 Å². The highest BCUT2D eigenvalue weighted by Crippen LogP contribution is 2.31. The number of benzene rings is 2. The van der Waals surface area contributed by atoms with Crippen LogP contribution in [0.5, 0.6) is 5.75 Å². The fraction of sp³-hybridized carbons (Fsp3) is 0.0952. The van der Waals surface area contributed by atoms with Crippen LogP contribution in [0, 0.1) is 6.92 Å². The van der Waals surface area contributed by atoms with E-state index in [-0.39, 0.29) is 17.2 Å². The second-order valence-corrected chi connectivity index (χ2v) is 7.37. The van der Waals surface area contributed by atoms with Crippen LogP contribution in [-0.2, 0) is 0 Å². The second-order valence-electron chi connectivity index (χ2n) is 6.34. The zero-order valence-electron chi connectivity index (χ0n) is 15.7. The number of thiophene rings is 1. The Hall–Kier alpha value is -3.65. The molecule has 2 aromatic carbocycles. The molecule has 0 saturated carbocycles. The number of carbonyl (C=O) groups excluding carboxylic acids is 1. The SMILES string of the molecule is COc1cc(NC(=O)c2cc3c(C)nn(-c4ccccc4)c3s2)ccc1C(=O)O. The molecule has 0 aliphatic rings. The quantitative estimate of drug-likeness (QED) is 0.513. The number of amides is 1. The number of rotatable bonds is 5. The molecule has 7 nitrogen and oxygen atoms in total. The van der Waals surface area contributed by atoms with Crippen molar-refractivity contribution < 1.29 is 19.4 Å². The molecule has 0 saturated heterocycles. The minimum atomic E-state index is -1.09. The molecule has 0 unspecified atom stereocenters. The second kappa shape index (κ2) is 7.40. The highest BCUT2D eigenvalue weighted by atomic mass is 32.1. The average Bonchev–Trinajstić information content (AvgIpc) is 3.29. The van der Waals surface area contributed by atoms with Crippen molar-refractivity contribution in [3.63, 3.8) is 0 Å². The van der Waals surface area contributed by atoms with E-state index in [9.17, 15) is 14.7 Å². The molecule has 1 amide bonds. The lowest BCUT2D eigenvalue weighted by atomic mass is 10.2. The van der Waals surface area contributed by atoms with Gasteiger partial charge in [-0.2, -0.15) is 5.10 Å². The predicted octanol–water partition coefficient (Wildman–Crippen LogP) is 4.35. The van der Waals surface area contributed by atoms with Crippen molar-refractivity contribution in [1.82, 2.24) is 9.78 Å². The third kappa shape index (κ3) is 3.45. The maximum Gasteiger partial charge on any atom is 0.339 e. The number of nitrogens with one attached hydrogen (secondary N) is 1. The van der Waals surface area contributed by atoms with Gasteiger partial charge in [0.25, 0.3) is 5.91 Å². The molecule has 2 N–H and O–H groups in total. The van der Waals surface area contributed by atoms with Gasteiger partial charge in [-0.25, -0.2) is 9.48 Å². The van der Waals surface area contributed by atoms with E-state index < -0.39 is 5.97 Å². The first-order valence-corrected chi connectivity index (χ1v) is 9.57. The van der Waals surface area contributed by atoms with Gasteiger partial charge in [-0.05, 0) is 37.3 Å². The number of aromatic carboxylic acids is 1. The molecule has 0 aliphatic heterocycles. The Balaban J connectivity index is 1.65. The van der Waals surface area contributed by atoms with Crippen LogP contribution >= 0.6 is 11.3 Å². The Morgan fingerprint density at radius 3 is 2.59 bits per heavy atom. The van der Waals surface area contributed by atoms with Crippen molar-refractivity contribution >= 4 is 39.1 Å². The summed E-state index contributed by atoms with van der Waals surface area (Å²) in [5.41, 5.74) is 2.25. The van der Waals surface area contributed by atoms with Gasteiger partial charge in [-0.1, -0.05) is 18.2 Å². The number of fused-ring (bicyclic) bond motifs is 1. The monoisotopic (exact) mass is 407 g/mol. The van der Waals surface area contributed by atoms with E-state index in [2.05, 4.69) is 10.4 Å². The van der Waals surface area contributed by atoms with Gasteiger partial charge in [0.15, 0.2) is 0 Å². The molecular formula is C21H17N3O4S. The Bertz CT molecular complexity index is 1230. The van der Waals surface area contributed by atoms with Crippen molar-refractivity contribution in [3.8, 4) is 11.4 Å². The number of aromatic nitrogens is 2. The summed E-state index contributed by atoms with van der Waals surface area (Å²) in [5.74, 6) is -1.19. The summed E-state index contributed by atoms with van der Waals surface area (Å²) in [6.45, 7) is 1.91. The number of anilines is 1.